The average molecular weight is 346 g/mol. The van der Waals surface area contributed by atoms with Crippen molar-refractivity contribution in [2.45, 2.75) is 0 Å². The molecule has 0 fully saturated rings. The summed E-state index contributed by atoms with van der Waals surface area (Å²) in [7, 11) is 0. The minimum atomic E-state index is -0.303. The van der Waals surface area contributed by atoms with E-state index in [1.807, 2.05) is 6.07 Å². The van der Waals surface area contributed by atoms with Crippen molar-refractivity contribution in [3.63, 3.8) is 0 Å². The number of benzene rings is 2. The molecule has 2 rings (SSSR count). The zero-order valence-corrected chi connectivity index (χ0v) is 12.6. The van der Waals surface area contributed by atoms with Gasteiger partial charge in [0.05, 0.1) is 17.3 Å². The molecule has 0 spiro atoms. The summed E-state index contributed by atoms with van der Waals surface area (Å²) >= 11 is 3.30. The van der Waals surface area contributed by atoms with Crippen LogP contribution in [0.4, 0.5) is 11.4 Å². The molecule has 0 unspecified atom stereocenters. The van der Waals surface area contributed by atoms with Crippen molar-refractivity contribution < 1.29 is 9.53 Å². The fraction of sp³-hybridized carbons (Fsp3) is 0.0667. The summed E-state index contributed by atoms with van der Waals surface area (Å²) in [6.07, 6.45) is 0. The first kappa shape index (κ1) is 14.9. The van der Waals surface area contributed by atoms with Crippen molar-refractivity contribution in [3.8, 4) is 11.8 Å². The number of nitrogens with zero attached hydrogens (tertiary/aromatic N) is 1. The Labute approximate surface area is 130 Å². The topological polar surface area (TPSA) is 88.1 Å². The molecular weight excluding hydrogens is 334 g/mol. The summed E-state index contributed by atoms with van der Waals surface area (Å²) in [6, 6.07) is 13.8. The molecule has 0 aromatic heterocycles. The summed E-state index contributed by atoms with van der Waals surface area (Å²) < 4.78 is 5.98. The Morgan fingerprint density at radius 1 is 1.33 bits per heavy atom. The summed E-state index contributed by atoms with van der Waals surface area (Å²) in [5, 5.41) is 11.5. The fourth-order valence-corrected chi connectivity index (χ4v) is 2.10. The van der Waals surface area contributed by atoms with Crippen molar-refractivity contribution in [1.29, 1.82) is 5.26 Å². The van der Waals surface area contributed by atoms with E-state index in [9.17, 15) is 4.79 Å². The number of nitriles is 1. The van der Waals surface area contributed by atoms with Gasteiger partial charge in [-0.2, -0.15) is 5.26 Å². The van der Waals surface area contributed by atoms with Crippen LogP contribution in [0, 0.1) is 11.3 Å². The van der Waals surface area contributed by atoms with Crippen LogP contribution in [0.5, 0.6) is 5.75 Å². The highest BCUT2D eigenvalue weighted by molar-refractivity contribution is 9.10. The van der Waals surface area contributed by atoms with Crippen LogP contribution in [0.2, 0.25) is 0 Å². The molecule has 21 heavy (non-hydrogen) atoms. The van der Waals surface area contributed by atoms with Gasteiger partial charge in [0.25, 0.3) is 5.91 Å². The van der Waals surface area contributed by atoms with Crippen molar-refractivity contribution in [1.82, 2.24) is 0 Å². The van der Waals surface area contributed by atoms with Crippen LogP contribution < -0.4 is 15.8 Å². The molecule has 0 bridgehead atoms. The van der Waals surface area contributed by atoms with Crippen LogP contribution in [0.25, 0.3) is 0 Å². The first-order chi connectivity index (χ1) is 10.1. The minimum Gasteiger partial charge on any atom is -0.484 e. The van der Waals surface area contributed by atoms with Gasteiger partial charge in [0.15, 0.2) is 6.61 Å². The van der Waals surface area contributed by atoms with E-state index < -0.39 is 0 Å². The average Bonchev–Trinajstić information content (AvgIpc) is 2.47. The van der Waals surface area contributed by atoms with Gasteiger partial charge in [0.1, 0.15) is 5.75 Å². The lowest BCUT2D eigenvalue weighted by Crippen LogP contribution is -2.20. The predicted molar refractivity (Wildman–Crippen MR) is 83.8 cm³/mol. The molecule has 0 radical (unpaired) electrons. The Bertz CT molecular complexity index is 710. The molecule has 0 aliphatic carbocycles. The van der Waals surface area contributed by atoms with Crippen LogP contribution in [0.1, 0.15) is 5.56 Å². The second-order valence-corrected chi connectivity index (χ2v) is 5.07. The molecule has 0 heterocycles. The molecule has 0 saturated carbocycles. The highest BCUT2D eigenvalue weighted by Crippen LogP contribution is 2.23. The minimum absolute atomic E-state index is 0.129. The summed E-state index contributed by atoms with van der Waals surface area (Å²) in [4.78, 5) is 11.8. The molecular formula is C15H12BrN3O2. The maximum Gasteiger partial charge on any atom is 0.262 e. The third-order valence-electron chi connectivity index (χ3n) is 2.60. The second kappa shape index (κ2) is 6.77. The summed E-state index contributed by atoms with van der Waals surface area (Å²) in [5.41, 5.74) is 7.28. The number of carbonyl (C=O) groups excluding carboxylic acids is 1. The quantitative estimate of drug-likeness (QED) is 0.833. The third-order valence-corrected chi connectivity index (χ3v) is 3.26. The number of anilines is 2. The van der Waals surface area contributed by atoms with Gasteiger partial charge < -0.3 is 15.8 Å². The van der Waals surface area contributed by atoms with Gasteiger partial charge >= 0.3 is 0 Å². The number of nitrogens with two attached hydrogens (primary N) is 1. The van der Waals surface area contributed by atoms with Crippen molar-refractivity contribution in [2.24, 2.45) is 0 Å². The maximum absolute atomic E-state index is 11.8. The second-order valence-electron chi connectivity index (χ2n) is 4.22. The largest absolute Gasteiger partial charge is 0.484 e. The number of amides is 1. The zero-order valence-electron chi connectivity index (χ0n) is 11.0. The highest BCUT2D eigenvalue weighted by atomic mass is 79.9. The van der Waals surface area contributed by atoms with Crippen LogP contribution in [0.3, 0.4) is 0 Å². The van der Waals surface area contributed by atoms with E-state index >= 15 is 0 Å². The molecule has 106 valence electrons. The molecule has 6 heteroatoms. The van der Waals surface area contributed by atoms with Crippen LogP contribution >= 0.6 is 15.9 Å². The van der Waals surface area contributed by atoms with E-state index in [-0.39, 0.29) is 12.5 Å². The lowest BCUT2D eigenvalue weighted by molar-refractivity contribution is -0.118. The molecule has 1 amide bonds. The number of hydrogen-bond donors (Lipinski definition) is 2. The number of halogens is 1. The van der Waals surface area contributed by atoms with E-state index in [1.54, 1.807) is 42.5 Å². The molecule has 0 aliphatic rings. The summed E-state index contributed by atoms with van der Waals surface area (Å²) in [6.45, 7) is -0.129. The lowest BCUT2D eigenvalue weighted by atomic mass is 10.2. The number of hydrogen-bond acceptors (Lipinski definition) is 4. The Morgan fingerprint density at radius 3 is 2.81 bits per heavy atom. The van der Waals surface area contributed by atoms with Gasteiger partial charge in [0.2, 0.25) is 0 Å². The van der Waals surface area contributed by atoms with Gasteiger partial charge in [-0.3, -0.25) is 4.79 Å². The molecule has 0 saturated heterocycles. The SMILES string of the molecule is N#Cc1ccc(NC(=O)COc2cccc(N)c2)c(Br)c1. The molecule has 0 atom stereocenters. The molecule has 3 N–H and O–H groups in total. The van der Waals surface area contributed by atoms with Gasteiger partial charge in [-0.25, -0.2) is 0 Å². The van der Waals surface area contributed by atoms with E-state index in [0.29, 0.717) is 27.2 Å². The Morgan fingerprint density at radius 2 is 2.14 bits per heavy atom. The molecule has 0 aliphatic heterocycles. The standard InChI is InChI=1S/C15H12BrN3O2/c16-13-6-10(8-17)4-5-14(13)19-15(20)9-21-12-3-1-2-11(18)7-12/h1-7H,9,18H2,(H,19,20). The third kappa shape index (κ3) is 4.23. The van der Waals surface area contributed by atoms with Gasteiger partial charge in [-0.05, 0) is 46.3 Å². The number of ether oxygens (including phenoxy) is 1. The van der Waals surface area contributed by atoms with Crippen LogP contribution in [-0.4, -0.2) is 12.5 Å². The van der Waals surface area contributed by atoms with Crippen LogP contribution in [-0.2, 0) is 4.79 Å². The highest BCUT2D eigenvalue weighted by Gasteiger charge is 2.07. The first-order valence-electron chi connectivity index (χ1n) is 6.06. The lowest BCUT2D eigenvalue weighted by Gasteiger charge is -2.09. The van der Waals surface area contributed by atoms with Gasteiger partial charge in [-0.1, -0.05) is 6.07 Å². The van der Waals surface area contributed by atoms with Crippen LogP contribution in [0.15, 0.2) is 46.9 Å². The summed E-state index contributed by atoms with van der Waals surface area (Å²) in [5.74, 6) is 0.229. The van der Waals surface area contributed by atoms with Crippen molar-refractivity contribution >= 4 is 33.2 Å². The maximum atomic E-state index is 11.8. The van der Waals surface area contributed by atoms with E-state index in [4.69, 9.17) is 15.7 Å². The number of nitrogen functional groups attached to an aromatic ring is 1. The van der Waals surface area contributed by atoms with Crippen molar-refractivity contribution in [2.75, 3.05) is 17.7 Å². The normalized spacial score (nSPS) is 9.71. The fourth-order valence-electron chi connectivity index (χ4n) is 1.63. The molecule has 5 nitrogen and oxygen atoms in total. The number of carbonyl (C=O) groups is 1. The first-order valence-corrected chi connectivity index (χ1v) is 6.85. The molecule has 2 aromatic carbocycles. The van der Waals surface area contributed by atoms with E-state index in [1.165, 1.54) is 0 Å². The zero-order chi connectivity index (χ0) is 15.2. The smallest absolute Gasteiger partial charge is 0.262 e. The van der Waals surface area contributed by atoms with E-state index in [0.717, 1.165) is 0 Å². The monoisotopic (exact) mass is 345 g/mol. The number of rotatable bonds is 4. The Balaban J connectivity index is 1.95. The number of nitrogens with one attached hydrogen (secondary N) is 1. The Kier molecular flexibility index (Phi) is 4.80. The van der Waals surface area contributed by atoms with Crippen molar-refractivity contribution in [3.05, 3.63) is 52.5 Å². The predicted octanol–water partition coefficient (Wildman–Crippen LogP) is 2.92. The van der Waals surface area contributed by atoms with Gasteiger partial charge in [0, 0.05) is 16.2 Å². The van der Waals surface area contributed by atoms with E-state index in [2.05, 4.69) is 21.2 Å². The molecule has 2 aromatic rings. The van der Waals surface area contributed by atoms with Gasteiger partial charge in [-0.15, -0.1) is 0 Å². The Hall–Kier alpha value is -2.52.